The molecule has 1 amide bonds. The maximum atomic E-state index is 10.7. The van der Waals surface area contributed by atoms with Crippen molar-refractivity contribution in [2.45, 2.75) is 19.4 Å². The summed E-state index contributed by atoms with van der Waals surface area (Å²) in [7, 11) is 1.54. The van der Waals surface area contributed by atoms with Gasteiger partial charge in [-0.2, -0.15) is 0 Å². The molecule has 5 nitrogen and oxygen atoms in total. The van der Waals surface area contributed by atoms with Gasteiger partial charge in [0.15, 0.2) is 0 Å². The van der Waals surface area contributed by atoms with E-state index < -0.39 is 12.0 Å². The minimum absolute atomic E-state index is 0.0971. The van der Waals surface area contributed by atoms with Crippen LogP contribution < -0.4 is 10.6 Å². The van der Waals surface area contributed by atoms with E-state index in [0.717, 1.165) is 0 Å². The molecule has 0 saturated carbocycles. The third-order valence-electron chi connectivity index (χ3n) is 1.45. The zero-order chi connectivity index (χ0) is 9.56. The molecular formula is C7H14N2O3. The van der Waals surface area contributed by atoms with Crippen LogP contribution in [-0.4, -0.2) is 36.6 Å². The second-order valence-electron chi connectivity index (χ2n) is 2.44. The minimum atomic E-state index is -0.910. The molecule has 0 rings (SSSR count). The van der Waals surface area contributed by atoms with Crippen molar-refractivity contribution < 1.29 is 14.7 Å². The third kappa shape index (κ3) is 4.68. The number of carboxylic acid groups (broad SMARTS) is 1. The van der Waals surface area contributed by atoms with Crippen LogP contribution in [0.3, 0.4) is 0 Å². The molecule has 0 aliphatic heterocycles. The molecule has 0 heterocycles. The first-order valence-corrected chi connectivity index (χ1v) is 3.74. The lowest BCUT2D eigenvalue weighted by Gasteiger charge is -2.07. The molecule has 70 valence electrons. The maximum Gasteiger partial charge on any atom is 0.320 e. The molecule has 0 aromatic rings. The van der Waals surface area contributed by atoms with Crippen molar-refractivity contribution >= 4 is 11.9 Å². The molecule has 0 bridgehead atoms. The Morgan fingerprint density at radius 1 is 1.50 bits per heavy atom. The Hall–Kier alpha value is -1.10. The predicted octanol–water partition coefficient (Wildman–Crippen LogP) is -0.815. The second-order valence-corrected chi connectivity index (χ2v) is 2.44. The summed E-state index contributed by atoms with van der Waals surface area (Å²) in [5, 5.41) is 13.6. The first-order chi connectivity index (χ1) is 5.57. The number of aliphatic carboxylic acids is 1. The van der Waals surface area contributed by atoms with E-state index in [1.807, 2.05) is 0 Å². The lowest BCUT2D eigenvalue weighted by atomic mass is 10.3. The van der Waals surface area contributed by atoms with Crippen LogP contribution in [0.4, 0.5) is 0 Å². The van der Waals surface area contributed by atoms with Gasteiger partial charge >= 0.3 is 5.97 Å². The van der Waals surface area contributed by atoms with E-state index in [9.17, 15) is 9.59 Å². The van der Waals surface area contributed by atoms with Gasteiger partial charge in [0, 0.05) is 20.0 Å². The fourth-order valence-corrected chi connectivity index (χ4v) is 0.615. The predicted molar refractivity (Wildman–Crippen MR) is 43.8 cm³/mol. The van der Waals surface area contributed by atoms with Crippen LogP contribution in [0.15, 0.2) is 0 Å². The molecule has 0 fully saturated rings. The van der Waals surface area contributed by atoms with E-state index in [4.69, 9.17) is 5.11 Å². The third-order valence-corrected chi connectivity index (χ3v) is 1.45. The molecule has 0 aliphatic carbocycles. The standard InChI is InChI=1S/C7H14N2O3/c1-5(7(11)12)9-4-3-6(10)8-2/h5,9H,3-4H2,1-2H3,(H,8,10)(H,11,12)/t5-/m0/s1. The Morgan fingerprint density at radius 3 is 2.50 bits per heavy atom. The number of carboxylic acids is 1. The van der Waals surface area contributed by atoms with Crippen LogP contribution in [-0.2, 0) is 9.59 Å². The van der Waals surface area contributed by atoms with Gasteiger partial charge in [-0.15, -0.1) is 0 Å². The van der Waals surface area contributed by atoms with Gasteiger partial charge < -0.3 is 15.7 Å². The molecule has 0 saturated heterocycles. The monoisotopic (exact) mass is 174 g/mol. The van der Waals surface area contributed by atoms with E-state index in [2.05, 4.69) is 10.6 Å². The highest BCUT2D eigenvalue weighted by molar-refractivity contribution is 5.76. The molecule has 0 spiro atoms. The fraction of sp³-hybridized carbons (Fsp3) is 0.714. The van der Waals surface area contributed by atoms with Crippen molar-refractivity contribution in [1.82, 2.24) is 10.6 Å². The zero-order valence-electron chi connectivity index (χ0n) is 7.26. The van der Waals surface area contributed by atoms with E-state index >= 15 is 0 Å². The summed E-state index contributed by atoms with van der Waals surface area (Å²) in [6.07, 6.45) is 0.300. The van der Waals surface area contributed by atoms with E-state index in [-0.39, 0.29) is 5.91 Å². The van der Waals surface area contributed by atoms with E-state index in [0.29, 0.717) is 13.0 Å². The van der Waals surface area contributed by atoms with Crippen LogP contribution in [0.5, 0.6) is 0 Å². The number of nitrogens with one attached hydrogen (secondary N) is 2. The Balaban J connectivity index is 3.43. The molecule has 12 heavy (non-hydrogen) atoms. The van der Waals surface area contributed by atoms with Crippen LogP contribution in [0.1, 0.15) is 13.3 Å². The van der Waals surface area contributed by atoms with Gasteiger partial charge in [-0.25, -0.2) is 0 Å². The number of carbonyl (C=O) groups is 2. The van der Waals surface area contributed by atoms with Crippen molar-refractivity contribution in [3.05, 3.63) is 0 Å². The van der Waals surface area contributed by atoms with Crippen molar-refractivity contribution in [1.29, 1.82) is 0 Å². The Bertz CT molecular complexity index is 170. The number of rotatable bonds is 5. The summed E-state index contributed by atoms with van der Waals surface area (Å²) in [4.78, 5) is 20.9. The average molecular weight is 174 g/mol. The lowest BCUT2D eigenvalue weighted by Crippen LogP contribution is -2.36. The van der Waals surface area contributed by atoms with E-state index in [1.54, 1.807) is 7.05 Å². The molecule has 0 radical (unpaired) electrons. The number of hydrogen-bond donors (Lipinski definition) is 3. The van der Waals surface area contributed by atoms with Crippen LogP contribution in [0.2, 0.25) is 0 Å². The van der Waals surface area contributed by atoms with Gasteiger partial charge in [0.25, 0.3) is 0 Å². The molecule has 0 aromatic heterocycles. The fourth-order valence-electron chi connectivity index (χ4n) is 0.615. The van der Waals surface area contributed by atoms with Crippen molar-refractivity contribution in [2.24, 2.45) is 0 Å². The zero-order valence-corrected chi connectivity index (χ0v) is 7.26. The number of amides is 1. The first kappa shape index (κ1) is 10.9. The molecular weight excluding hydrogens is 160 g/mol. The summed E-state index contributed by atoms with van der Waals surface area (Å²) in [5.74, 6) is -1.01. The number of hydrogen-bond acceptors (Lipinski definition) is 3. The Labute approximate surface area is 71.1 Å². The van der Waals surface area contributed by atoms with Gasteiger partial charge in [0.05, 0.1) is 0 Å². The summed E-state index contributed by atoms with van der Waals surface area (Å²) >= 11 is 0. The van der Waals surface area contributed by atoms with E-state index in [1.165, 1.54) is 6.92 Å². The highest BCUT2D eigenvalue weighted by Gasteiger charge is 2.09. The summed E-state index contributed by atoms with van der Waals surface area (Å²) < 4.78 is 0. The minimum Gasteiger partial charge on any atom is -0.480 e. The lowest BCUT2D eigenvalue weighted by molar-refractivity contribution is -0.139. The molecule has 3 N–H and O–H groups in total. The van der Waals surface area contributed by atoms with Gasteiger partial charge in [0.2, 0.25) is 5.91 Å². The quantitative estimate of drug-likeness (QED) is 0.509. The summed E-state index contributed by atoms with van der Waals surface area (Å²) in [6.45, 7) is 1.92. The molecule has 5 heteroatoms. The SMILES string of the molecule is CNC(=O)CCN[C@@H](C)C(=O)O. The molecule has 1 atom stereocenters. The molecule has 0 unspecified atom stereocenters. The molecule has 0 aromatic carbocycles. The smallest absolute Gasteiger partial charge is 0.320 e. The van der Waals surface area contributed by atoms with Crippen molar-refractivity contribution in [2.75, 3.05) is 13.6 Å². The maximum absolute atomic E-state index is 10.7. The second kappa shape index (κ2) is 5.54. The molecule has 0 aliphatic rings. The van der Waals surface area contributed by atoms with Gasteiger partial charge in [-0.3, -0.25) is 9.59 Å². The van der Waals surface area contributed by atoms with Gasteiger partial charge in [-0.05, 0) is 6.92 Å². The van der Waals surface area contributed by atoms with Gasteiger partial charge in [0.1, 0.15) is 6.04 Å². The average Bonchev–Trinajstić information content (AvgIpc) is 2.03. The van der Waals surface area contributed by atoms with Gasteiger partial charge in [-0.1, -0.05) is 0 Å². The Kier molecular flexibility index (Phi) is 5.03. The topological polar surface area (TPSA) is 78.4 Å². The highest BCUT2D eigenvalue weighted by atomic mass is 16.4. The Morgan fingerprint density at radius 2 is 2.08 bits per heavy atom. The van der Waals surface area contributed by atoms with Crippen LogP contribution in [0.25, 0.3) is 0 Å². The van der Waals surface area contributed by atoms with Crippen LogP contribution >= 0.6 is 0 Å². The largest absolute Gasteiger partial charge is 0.480 e. The van der Waals surface area contributed by atoms with Crippen molar-refractivity contribution in [3.8, 4) is 0 Å². The summed E-state index contributed by atoms with van der Waals surface area (Å²) in [5.41, 5.74) is 0. The normalized spacial score (nSPS) is 12.2. The van der Waals surface area contributed by atoms with Crippen molar-refractivity contribution in [3.63, 3.8) is 0 Å². The number of carbonyl (C=O) groups excluding carboxylic acids is 1. The van der Waals surface area contributed by atoms with Crippen LogP contribution in [0, 0.1) is 0 Å². The highest BCUT2D eigenvalue weighted by Crippen LogP contribution is 1.82. The first-order valence-electron chi connectivity index (χ1n) is 3.74. The summed E-state index contributed by atoms with van der Waals surface area (Å²) in [6, 6.07) is -0.602.